The third-order valence-electron chi connectivity index (χ3n) is 4.46. The van der Waals surface area contributed by atoms with Crippen molar-refractivity contribution in [1.82, 2.24) is 0 Å². The van der Waals surface area contributed by atoms with Gasteiger partial charge in [-0.25, -0.2) is 4.79 Å². The minimum Gasteiger partial charge on any atom is -0.452 e. The molecule has 4 rings (SSSR count). The number of thiophene rings is 1. The Morgan fingerprint density at radius 2 is 1.54 bits per heavy atom. The predicted octanol–water partition coefficient (Wildman–Crippen LogP) is 4.37. The van der Waals surface area contributed by atoms with Gasteiger partial charge in [-0.1, -0.05) is 36.4 Å². The standard InChI is InChI=1S/C21H17NO3S/c23-20(13-25-21(24)17-11-12-26-14-17)22-18-7-3-1-5-15(18)9-10-16-6-2-4-8-19(16)22/h1-8,11-12,14H,9-10,13H2. The normalized spacial score (nSPS) is 12.7. The molecule has 0 N–H and O–H groups in total. The van der Waals surface area contributed by atoms with E-state index in [1.54, 1.807) is 21.7 Å². The fourth-order valence-corrected chi connectivity index (χ4v) is 3.83. The molecule has 2 heterocycles. The quantitative estimate of drug-likeness (QED) is 0.649. The Morgan fingerprint density at radius 3 is 2.12 bits per heavy atom. The van der Waals surface area contributed by atoms with Gasteiger partial charge in [-0.05, 0) is 47.5 Å². The number of para-hydroxylation sites is 2. The highest BCUT2D eigenvalue weighted by atomic mass is 32.1. The second-order valence-electron chi connectivity index (χ2n) is 6.07. The van der Waals surface area contributed by atoms with Gasteiger partial charge in [0.05, 0.1) is 16.9 Å². The van der Waals surface area contributed by atoms with E-state index in [0.717, 1.165) is 35.3 Å². The first-order valence-corrected chi connectivity index (χ1v) is 9.36. The van der Waals surface area contributed by atoms with Crippen molar-refractivity contribution in [2.24, 2.45) is 0 Å². The number of rotatable bonds is 3. The van der Waals surface area contributed by atoms with Crippen molar-refractivity contribution in [2.75, 3.05) is 11.5 Å². The Labute approximate surface area is 155 Å². The molecule has 0 spiro atoms. The lowest BCUT2D eigenvalue weighted by molar-refractivity contribution is -0.120. The average molecular weight is 363 g/mol. The van der Waals surface area contributed by atoms with Gasteiger partial charge in [0.2, 0.25) is 0 Å². The molecule has 0 aliphatic carbocycles. The van der Waals surface area contributed by atoms with E-state index in [0.29, 0.717) is 5.56 Å². The molecule has 0 saturated heterocycles. The summed E-state index contributed by atoms with van der Waals surface area (Å²) in [4.78, 5) is 26.7. The van der Waals surface area contributed by atoms with Crippen LogP contribution in [0, 0.1) is 0 Å². The maximum atomic E-state index is 13.0. The largest absolute Gasteiger partial charge is 0.452 e. The number of esters is 1. The van der Waals surface area contributed by atoms with E-state index in [1.165, 1.54) is 11.3 Å². The molecule has 5 heteroatoms. The second kappa shape index (κ2) is 7.14. The van der Waals surface area contributed by atoms with E-state index in [-0.39, 0.29) is 12.5 Å². The summed E-state index contributed by atoms with van der Waals surface area (Å²) in [6.45, 7) is -0.294. The number of ether oxygens (including phenoxy) is 1. The fourth-order valence-electron chi connectivity index (χ4n) is 3.20. The van der Waals surface area contributed by atoms with Crippen LogP contribution in [0.3, 0.4) is 0 Å². The molecular formula is C21H17NO3S. The highest BCUT2D eigenvalue weighted by molar-refractivity contribution is 7.08. The van der Waals surface area contributed by atoms with Gasteiger partial charge in [0.1, 0.15) is 0 Å². The number of hydrogen-bond donors (Lipinski definition) is 0. The Bertz CT molecular complexity index is 902. The van der Waals surface area contributed by atoms with Crippen LogP contribution in [0.15, 0.2) is 65.4 Å². The number of carbonyl (C=O) groups is 2. The molecule has 0 fully saturated rings. The summed E-state index contributed by atoms with van der Waals surface area (Å²) >= 11 is 1.42. The topological polar surface area (TPSA) is 46.6 Å². The SMILES string of the molecule is O=C(OCC(=O)N1c2ccccc2CCc2ccccc21)c1ccsc1. The van der Waals surface area contributed by atoms with Crippen LogP contribution in [-0.4, -0.2) is 18.5 Å². The molecule has 1 amide bonds. The summed E-state index contributed by atoms with van der Waals surface area (Å²) in [5, 5.41) is 3.52. The summed E-state index contributed by atoms with van der Waals surface area (Å²) in [5.41, 5.74) is 4.41. The Hall–Kier alpha value is -2.92. The van der Waals surface area contributed by atoms with Gasteiger partial charge in [0, 0.05) is 5.38 Å². The Balaban J connectivity index is 1.64. The highest BCUT2D eigenvalue weighted by Crippen LogP contribution is 2.35. The number of aryl methyl sites for hydroxylation is 2. The van der Waals surface area contributed by atoms with Gasteiger partial charge >= 0.3 is 5.97 Å². The van der Waals surface area contributed by atoms with Crippen molar-refractivity contribution >= 4 is 34.6 Å². The molecule has 0 unspecified atom stereocenters. The summed E-state index contributed by atoms with van der Waals surface area (Å²) < 4.78 is 5.25. The first-order valence-electron chi connectivity index (χ1n) is 8.42. The molecule has 1 aromatic heterocycles. The van der Waals surface area contributed by atoms with Crippen LogP contribution >= 0.6 is 11.3 Å². The number of anilines is 2. The van der Waals surface area contributed by atoms with Gasteiger partial charge in [0.25, 0.3) is 5.91 Å². The lowest BCUT2D eigenvalue weighted by atomic mass is 10.0. The van der Waals surface area contributed by atoms with E-state index >= 15 is 0 Å². The summed E-state index contributed by atoms with van der Waals surface area (Å²) in [6, 6.07) is 17.5. The molecule has 0 bridgehead atoms. The van der Waals surface area contributed by atoms with E-state index in [4.69, 9.17) is 4.74 Å². The zero-order chi connectivity index (χ0) is 17.9. The molecule has 3 aromatic rings. The lowest BCUT2D eigenvalue weighted by Crippen LogP contribution is -2.31. The summed E-state index contributed by atoms with van der Waals surface area (Å²) in [6.07, 6.45) is 1.73. The number of amides is 1. The molecule has 1 aliphatic rings. The zero-order valence-electron chi connectivity index (χ0n) is 14.1. The molecule has 1 aliphatic heterocycles. The molecule has 26 heavy (non-hydrogen) atoms. The molecule has 130 valence electrons. The third-order valence-corrected chi connectivity index (χ3v) is 5.14. The van der Waals surface area contributed by atoms with Crippen LogP contribution in [0.1, 0.15) is 21.5 Å². The third kappa shape index (κ3) is 3.13. The van der Waals surface area contributed by atoms with E-state index in [9.17, 15) is 9.59 Å². The van der Waals surface area contributed by atoms with Crippen molar-refractivity contribution in [3.05, 3.63) is 82.0 Å². The maximum Gasteiger partial charge on any atom is 0.339 e. The van der Waals surface area contributed by atoms with Gasteiger partial charge in [-0.15, -0.1) is 0 Å². The lowest BCUT2D eigenvalue weighted by Gasteiger charge is -2.24. The van der Waals surface area contributed by atoms with Crippen LogP contribution in [0.4, 0.5) is 11.4 Å². The number of hydrogen-bond acceptors (Lipinski definition) is 4. The molecule has 0 radical (unpaired) electrons. The van der Waals surface area contributed by atoms with Gasteiger partial charge in [-0.3, -0.25) is 9.69 Å². The molecule has 0 saturated carbocycles. The molecule has 0 atom stereocenters. The summed E-state index contributed by atoms with van der Waals surface area (Å²) in [5.74, 6) is -0.730. The maximum absolute atomic E-state index is 13.0. The van der Waals surface area contributed by atoms with Crippen molar-refractivity contribution in [3.8, 4) is 0 Å². The van der Waals surface area contributed by atoms with Crippen molar-refractivity contribution in [1.29, 1.82) is 0 Å². The second-order valence-corrected chi connectivity index (χ2v) is 6.85. The monoisotopic (exact) mass is 363 g/mol. The van der Waals surface area contributed by atoms with Crippen molar-refractivity contribution in [3.63, 3.8) is 0 Å². The Morgan fingerprint density at radius 1 is 0.923 bits per heavy atom. The van der Waals surface area contributed by atoms with Crippen molar-refractivity contribution in [2.45, 2.75) is 12.8 Å². The van der Waals surface area contributed by atoms with Crippen LogP contribution in [-0.2, 0) is 22.4 Å². The number of nitrogens with zero attached hydrogens (tertiary/aromatic N) is 1. The van der Waals surface area contributed by atoms with E-state index in [1.807, 2.05) is 48.5 Å². The molecule has 2 aromatic carbocycles. The van der Waals surface area contributed by atoms with E-state index in [2.05, 4.69) is 0 Å². The minimum absolute atomic E-state index is 0.254. The van der Waals surface area contributed by atoms with Gasteiger partial charge in [-0.2, -0.15) is 11.3 Å². The zero-order valence-corrected chi connectivity index (χ0v) is 14.9. The van der Waals surface area contributed by atoms with Gasteiger partial charge < -0.3 is 4.74 Å². The van der Waals surface area contributed by atoms with E-state index < -0.39 is 5.97 Å². The predicted molar refractivity (Wildman–Crippen MR) is 102 cm³/mol. The number of fused-ring (bicyclic) bond motifs is 2. The molecular weight excluding hydrogens is 346 g/mol. The Kier molecular flexibility index (Phi) is 4.54. The number of benzene rings is 2. The number of carbonyl (C=O) groups excluding carboxylic acids is 2. The van der Waals surface area contributed by atoms with Crippen molar-refractivity contribution < 1.29 is 14.3 Å². The smallest absolute Gasteiger partial charge is 0.339 e. The first-order chi connectivity index (χ1) is 12.7. The fraction of sp³-hybridized carbons (Fsp3) is 0.143. The van der Waals surface area contributed by atoms with Crippen LogP contribution in [0.25, 0.3) is 0 Å². The average Bonchev–Trinajstić information content (AvgIpc) is 3.15. The van der Waals surface area contributed by atoms with Crippen LogP contribution in [0.5, 0.6) is 0 Å². The highest BCUT2D eigenvalue weighted by Gasteiger charge is 2.26. The molecule has 4 nitrogen and oxygen atoms in total. The first kappa shape index (κ1) is 16.5. The minimum atomic E-state index is -0.476. The summed E-state index contributed by atoms with van der Waals surface area (Å²) in [7, 11) is 0. The van der Waals surface area contributed by atoms with Gasteiger partial charge in [0.15, 0.2) is 6.61 Å². The van der Waals surface area contributed by atoms with Crippen LogP contribution < -0.4 is 4.90 Å². The van der Waals surface area contributed by atoms with Crippen LogP contribution in [0.2, 0.25) is 0 Å².